The molecule has 2 amide bonds. The van der Waals surface area contributed by atoms with Crippen molar-refractivity contribution in [1.82, 2.24) is 0 Å². The quantitative estimate of drug-likeness (QED) is 0.625. The number of anilines is 3. The van der Waals surface area contributed by atoms with Crippen LogP contribution < -0.4 is 22.5 Å². The number of rotatable bonds is 3. The molecule has 0 atom stereocenters. The van der Waals surface area contributed by atoms with Gasteiger partial charge in [-0.25, -0.2) is 0 Å². The third-order valence-corrected chi connectivity index (χ3v) is 2.67. The van der Waals surface area contributed by atoms with Crippen molar-refractivity contribution in [1.29, 1.82) is 0 Å². The number of primary amides is 1. The van der Waals surface area contributed by atoms with E-state index in [1.165, 1.54) is 24.3 Å². The summed E-state index contributed by atoms with van der Waals surface area (Å²) in [7, 11) is 0. The highest BCUT2D eigenvalue weighted by Gasteiger charge is 2.08. The molecule has 6 heteroatoms. The minimum absolute atomic E-state index is 0.337. The molecule has 0 bridgehead atoms. The Morgan fingerprint density at radius 2 is 1.40 bits per heavy atom. The molecule has 0 saturated heterocycles. The van der Waals surface area contributed by atoms with Crippen molar-refractivity contribution in [3.63, 3.8) is 0 Å². The van der Waals surface area contributed by atoms with Crippen LogP contribution in [-0.2, 0) is 0 Å². The van der Waals surface area contributed by atoms with Crippen molar-refractivity contribution < 1.29 is 9.59 Å². The van der Waals surface area contributed by atoms with Crippen molar-refractivity contribution in [3.05, 3.63) is 53.6 Å². The van der Waals surface area contributed by atoms with Gasteiger partial charge in [-0.1, -0.05) is 0 Å². The second-order valence-corrected chi connectivity index (χ2v) is 4.28. The van der Waals surface area contributed by atoms with Crippen LogP contribution in [-0.4, -0.2) is 11.8 Å². The number of hydrogen-bond acceptors (Lipinski definition) is 4. The van der Waals surface area contributed by atoms with Crippen LogP contribution in [0.25, 0.3) is 0 Å². The smallest absolute Gasteiger partial charge is 0.255 e. The summed E-state index contributed by atoms with van der Waals surface area (Å²) >= 11 is 0. The number of carbonyl (C=O) groups is 2. The summed E-state index contributed by atoms with van der Waals surface area (Å²) in [6, 6.07) is 10.9. The number of nitrogens with two attached hydrogens (primary N) is 3. The molecule has 2 aromatic carbocycles. The fourth-order valence-corrected chi connectivity index (χ4v) is 1.73. The molecule has 0 aliphatic heterocycles. The van der Waals surface area contributed by atoms with Gasteiger partial charge in [0.15, 0.2) is 0 Å². The first-order valence-corrected chi connectivity index (χ1v) is 5.83. The van der Waals surface area contributed by atoms with Crippen molar-refractivity contribution in [2.24, 2.45) is 5.73 Å². The van der Waals surface area contributed by atoms with Crippen molar-refractivity contribution in [2.75, 3.05) is 16.8 Å². The Morgan fingerprint density at radius 3 is 1.90 bits per heavy atom. The first-order valence-electron chi connectivity index (χ1n) is 5.83. The van der Waals surface area contributed by atoms with E-state index in [1.807, 2.05) is 0 Å². The number of hydrogen-bond donors (Lipinski definition) is 4. The van der Waals surface area contributed by atoms with E-state index in [1.54, 1.807) is 18.2 Å². The summed E-state index contributed by atoms with van der Waals surface area (Å²) < 4.78 is 0. The Morgan fingerprint density at radius 1 is 0.850 bits per heavy atom. The summed E-state index contributed by atoms with van der Waals surface area (Å²) in [5.41, 5.74) is 18.5. The van der Waals surface area contributed by atoms with Crippen molar-refractivity contribution >= 4 is 28.9 Å². The lowest BCUT2D eigenvalue weighted by molar-refractivity contribution is 0.0998. The molecule has 0 radical (unpaired) electrons. The summed E-state index contributed by atoms with van der Waals surface area (Å²) in [5, 5.41) is 2.68. The Balaban J connectivity index is 2.16. The molecule has 6 nitrogen and oxygen atoms in total. The van der Waals surface area contributed by atoms with Crippen LogP contribution in [0, 0.1) is 0 Å². The van der Waals surface area contributed by atoms with Crippen LogP contribution in [0.15, 0.2) is 42.5 Å². The third-order valence-electron chi connectivity index (χ3n) is 2.67. The minimum Gasteiger partial charge on any atom is -0.399 e. The summed E-state index contributed by atoms with van der Waals surface area (Å²) in [5.74, 6) is -0.859. The van der Waals surface area contributed by atoms with Gasteiger partial charge in [-0.15, -0.1) is 0 Å². The zero-order chi connectivity index (χ0) is 14.7. The topological polar surface area (TPSA) is 124 Å². The summed E-state index contributed by atoms with van der Waals surface area (Å²) in [4.78, 5) is 23.0. The molecule has 0 fully saturated rings. The minimum atomic E-state index is -0.522. The number of carbonyl (C=O) groups excluding carboxylic acids is 2. The molecular formula is C14H14N4O2. The largest absolute Gasteiger partial charge is 0.399 e. The molecule has 102 valence electrons. The predicted octanol–water partition coefficient (Wildman–Crippen LogP) is 1.20. The monoisotopic (exact) mass is 270 g/mol. The molecule has 0 aliphatic carbocycles. The van der Waals surface area contributed by atoms with E-state index in [-0.39, 0.29) is 5.91 Å². The van der Waals surface area contributed by atoms with E-state index in [2.05, 4.69) is 5.32 Å². The Hall–Kier alpha value is -3.02. The normalized spacial score (nSPS) is 10.0. The molecule has 0 unspecified atom stereocenters. The van der Waals surface area contributed by atoms with Crippen molar-refractivity contribution in [2.45, 2.75) is 0 Å². The zero-order valence-corrected chi connectivity index (χ0v) is 10.6. The van der Waals surface area contributed by atoms with Crippen LogP contribution >= 0.6 is 0 Å². The molecule has 0 aromatic heterocycles. The first kappa shape index (κ1) is 13.4. The molecule has 0 heterocycles. The van der Waals surface area contributed by atoms with Gasteiger partial charge in [0.2, 0.25) is 5.91 Å². The van der Waals surface area contributed by atoms with Crippen LogP contribution in [0.5, 0.6) is 0 Å². The number of benzene rings is 2. The van der Waals surface area contributed by atoms with E-state index in [4.69, 9.17) is 17.2 Å². The molecule has 2 aromatic rings. The fourth-order valence-electron chi connectivity index (χ4n) is 1.73. The maximum atomic E-state index is 12.0. The van der Waals surface area contributed by atoms with E-state index < -0.39 is 5.91 Å². The molecular weight excluding hydrogens is 256 g/mol. The summed E-state index contributed by atoms with van der Waals surface area (Å²) in [6.07, 6.45) is 0. The average molecular weight is 270 g/mol. The SMILES string of the molecule is NC(=O)c1ccc(NC(=O)c2cc(N)cc(N)c2)cc1. The van der Waals surface area contributed by atoms with Gasteiger partial charge in [-0.3, -0.25) is 9.59 Å². The van der Waals surface area contributed by atoms with E-state index >= 15 is 0 Å². The Bertz CT molecular complexity index is 645. The lowest BCUT2D eigenvalue weighted by atomic mass is 10.1. The molecule has 0 saturated carbocycles. The lowest BCUT2D eigenvalue weighted by Crippen LogP contribution is -2.14. The molecule has 0 aliphatic rings. The van der Waals surface area contributed by atoms with E-state index in [0.29, 0.717) is 28.2 Å². The van der Waals surface area contributed by atoms with Crippen LogP contribution in [0.1, 0.15) is 20.7 Å². The van der Waals surface area contributed by atoms with Crippen LogP contribution in [0.3, 0.4) is 0 Å². The zero-order valence-electron chi connectivity index (χ0n) is 10.6. The first-order chi connectivity index (χ1) is 9.45. The lowest BCUT2D eigenvalue weighted by Gasteiger charge is -2.07. The van der Waals surface area contributed by atoms with Gasteiger partial charge in [-0.2, -0.15) is 0 Å². The van der Waals surface area contributed by atoms with Gasteiger partial charge in [-0.05, 0) is 42.5 Å². The average Bonchev–Trinajstić information content (AvgIpc) is 2.38. The number of amides is 2. The van der Waals surface area contributed by atoms with Crippen LogP contribution in [0.4, 0.5) is 17.1 Å². The highest BCUT2D eigenvalue weighted by atomic mass is 16.2. The molecule has 7 N–H and O–H groups in total. The second kappa shape index (κ2) is 5.31. The highest BCUT2D eigenvalue weighted by molar-refractivity contribution is 6.05. The summed E-state index contributed by atoms with van der Waals surface area (Å²) in [6.45, 7) is 0. The maximum Gasteiger partial charge on any atom is 0.255 e. The van der Waals surface area contributed by atoms with Gasteiger partial charge in [0.25, 0.3) is 5.91 Å². The molecule has 0 spiro atoms. The predicted molar refractivity (Wildman–Crippen MR) is 78.2 cm³/mol. The molecule has 20 heavy (non-hydrogen) atoms. The Kier molecular flexibility index (Phi) is 3.56. The van der Waals surface area contributed by atoms with Gasteiger partial charge in [0.1, 0.15) is 0 Å². The van der Waals surface area contributed by atoms with Crippen LogP contribution in [0.2, 0.25) is 0 Å². The standard InChI is InChI=1S/C14H14N4O2/c15-10-5-9(6-11(16)7-10)14(20)18-12-3-1-8(2-4-12)13(17)19/h1-7H,15-16H2,(H2,17,19)(H,18,20). The van der Waals surface area contributed by atoms with Crippen molar-refractivity contribution in [3.8, 4) is 0 Å². The van der Waals surface area contributed by atoms with Gasteiger partial charge < -0.3 is 22.5 Å². The Labute approximate surface area is 115 Å². The van der Waals surface area contributed by atoms with Gasteiger partial charge in [0, 0.05) is 28.2 Å². The number of nitrogen functional groups attached to an aromatic ring is 2. The molecule has 2 rings (SSSR count). The maximum absolute atomic E-state index is 12.0. The van der Waals surface area contributed by atoms with Gasteiger partial charge >= 0.3 is 0 Å². The van der Waals surface area contributed by atoms with E-state index in [0.717, 1.165) is 0 Å². The fraction of sp³-hybridized carbons (Fsp3) is 0. The number of nitrogens with one attached hydrogen (secondary N) is 1. The van der Waals surface area contributed by atoms with Gasteiger partial charge in [0.05, 0.1) is 0 Å². The van der Waals surface area contributed by atoms with E-state index in [9.17, 15) is 9.59 Å². The second-order valence-electron chi connectivity index (χ2n) is 4.28. The highest BCUT2D eigenvalue weighted by Crippen LogP contribution is 2.16. The third kappa shape index (κ3) is 3.05.